The van der Waals surface area contributed by atoms with Crippen LogP contribution in [0, 0.1) is 22.7 Å². The Morgan fingerprint density at radius 2 is 1.46 bits per heavy atom. The van der Waals surface area contributed by atoms with Crippen LogP contribution < -0.4 is 10.6 Å². The first-order valence-electron chi connectivity index (χ1n) is 10.6. The van der Waals surface area contributed by atoms with E-state index in [9.17, 15) is 0 Å². The molecule has 1 fully saturated rings. The van der Waals surface area contributed by atoms with E-state index in [1.807, 2.05) is 0 Å². The molecule has 1 aliphatic carbocycles. The molecule has 0 bridgehead atoms. The monoisotopic (exact) mass is 338 g/mol. The summed E-state index contributed by atoms with van der Waals surface area (Å²) in [4.78, 5) is 0. The van der Waals surface area contributed by atoms with Crippen LogP contribution >= 0.6 is 0 Å². The molecule has 2 heteroatoms. The highest BCUT2D eigenvalue weighted by Gasteiger charge is 2.40. The molecule has 24 heavy (non-hydrogen) atoms. The van der Waals surface area contributed by atoms with Crippen LogP contribution in [0.3, 0.4) is 0 Å². The van der Waals surface area contributed by atoms with Crippen molar-refractivity contribution in [2.45, 2.75) is 99.5 Å². The molecule has 0 amide bonds. The van der Waals surface area contributed by atoms with E-state index in [1.54, 1.807) is 0 Å². The number of hydrogen-bond donors (Lipinski definition) is 2. The average molecular weight is 339 g/mol. The van der Waals surface area contributed by atoms with Gasteiger partial charge < -0.3 is 10.6 Å². The molecule has 0 aromatic heterocycles. The summed E-state index contributed by atoms with van der Waals surface area (Å²) in [5, 5.41) is 7.64. The van der Waals surface area contributed by atoms with Crippen LogP contribution in [0.25, 0.3) is 0 Å². The Labute approximate surface area is 152 Å². The lowest BCUT2D eigenvalue weighted by Crippen LogP contribution is -2.48. The first-order chi connectivity index (χ1) is 11.1. The molecule has 0 aliphatic heterocycles. The minimum absolute atomic E-state index is 0.440. The van der Waals surface area contributed by atoms with Gasteiger partial charge in [-0.2, -0.15) is 0 Å². The third-order valence-corrected chi connectivity index (χ3v) is 5.52. The van der Waals surface area contributed by atoms with Gasteiger partial charge in [-0.05, 0) is 80.7 Å². The van der Waals surface area contributed by atoms with Crippen molar-refractivity contribution in [3.63, 3.8) is 0 Å². The van der Waals surface area contributed by atoms with Crippen LogP contribution in [-0.2, 0) is 0 Å². The fourth-order valence-corrected chi connectivity index (χ4v) is 4.75. The maximum absolute atomic E-state index is 3.88. The van der Waals surface area contributed by atoms with Gasteiger partial charge in [-0.25, -0.2) is 0 Å². The minimum Gasteiger partial charge on any atom is -0.316 e. The van der Waals surface area contributed by atoms with Crippen LogP contribution in [-0.4, -0.2) is 25.7 Å². The van der Waals surface area contributed by atoms with E-state index >= 15 is 0 Å². The highest BCUT2D eigenvalue weighted by Crippen LogP contribution is 2.45. The summed E-state index contributed by atoms with van der Waals surface area (Å²) in [5.41, 5.74) is 0.900. The summed E-state index contributed by atoms with van der Waals surface area (Å²) < 4.78 is 0. The quantitative estimate of drug-likeness (QED) is 0.478. The lowest BCUT2D eigenvalue weighted by molar-refractivity contribution is 0.0702. The van der Waals surface area contributed by atoms with E-state index < -0.39 is 0 Å². The van der Waals surface area contributed by atoms with Crippen LogP contribution in [0.15, 0.2) is 0 Å². The largest absolute Gasteiger partial charge is 0.316 e. The van der Waals surface area contributed by atoms with Gasteiger partial charge in [-0.1, -0.05) is 48.5 Å². The highest BCUT2D eigenvalue weighted by atomic mass is 14.9. The van der Waals surface area contributed by atoms with E-state index in [-0.39, 0.29) is 0 Å². The van der Waals surface area contributed by atoms with Crippen molar-refractivity contribution in [2.75, 3.05) is 19.6 Å². The van der Waals surface area contributed by atoms with E-state index in [4.69, 9.17) is 0 Å². The molecule has 2 N–H and O–H groups in total. The molecule has 0 radical (unpaired) electrons. The van der Waals surface area contributed by atoms with Crippen molar-refractivity contribution in [2.24, 2.45) is 22.7 Å². The molecule has 1 rings (SSSR count). The summed E-state index contributed by atoms with van der Waals surface area (Å²) in [6, 6.07) is 0.698. The van der Waals surface area contributed by atoms with Crippen LogP contribution in [0.4, 0.5) is 0 Å². The van der Waals surface area contributed by atoms with Crippen LogP contribution in [0.1, 0.15) is 93.4 Å². The van der Waals surface area contributed by atoms with Gasteiger partial charge in [0.25, 0.3) is 0 Å². The summed E-state index contributed by atoms with van der Waals surface area (Å²) >= 11 is 0. The van der Waals surface area contributed by atoms with Crippen molar-refractivity contribution in [1.29, 1.82) is 0 Å². The van der Waals surface area contributed by atoms with Gasteiger partial charge in [0.15, 0.2) is 0 Å². The van der Waals surface area contributed by atoms with Crippen molar-refractivity contribution in [3.05, 3.63) is 0 Å². The normalized spacial score (nSPS) is 27.1. The SMILES string of the molecule is CC(C)CCCNCC1(C)CC(NCCCC(C)C)CC(C)(C)C1. The zero-order chi connectivity index (χ0) is 18.2. The first kappa shape index (κ1) is 22.0. The van der Waals surface area contributed by atoms with Gasteiger partial charge in [0.1, 0.15) is 0 Å². The third kappa shape index (κ3) is 9.42. The molecule has 1 saturated carbocycles. The second kappa shape index (κ2) is 10.2. The van der Waals surface area contributed by atoms with Gasteiger partial charge in [0.2, 0.25) is 0 Å². The Bertz CT molecular complexity index is 335. The molecule has 1 aliphatic rings. The van der Waals surface area contributed by atoms with Gasteiger partial charge in [-0.15, -0.1) is 0 Å². The highest BCUT2D eigenvalue weighted by molar-refractivity contribution is 4.95. The van der Waals surface area contributed by atoms with Crippen LogP contribution in [0.5, 0.6) is 0 Å². The third-order valence-electron chi connectivity index (χ3n) is 5.52. The van der Waals surface area contributed by atoms with Gasteiger partial charge in [-0.3, -0.25) is 0 Å². The Morgan fingerprint density at radius 1 is 0.875 bits per heavy atom. The molecule has 0 aromatic carbocycles. The molecule has 0 heterocycles. The van der Waals surface area contributed by atoms with Gasteiger partial charge in [0, 0.05) is 12.6 Å². The van der Waals surface area contributed by atoms with Crippen LogP contribution in [0.2, 0.25) is 0 Å². The molecule has 2 unspecified atom stereocenters. The van der Waals surface area contributed by atoms with E-state index in [2.05, 4.69) is 59.1 Å². The van der Waals surface area contributed by atoms with Crippen molar-refractivity contribution >= 4 is 0 Å². The number of rotatable bonds is 11. The van der Waals surface area contributed by atoms with Gasteiger partial charge in [0.05, 0.1) is 0 Å². The molecule has 0 saturated heterocycles. The topological polar surface area (TPSA) is 24.1 Å². The Kier molecular flexibility index (Phi) is 9.30. The average Bonchev–Trinajstić information content (AvgIpc) is 2.40. The fraction of sp³-hybridized carbons (Fsp3) is 1.00. The van der Waals surface area contributed by atoms with Crippen molar-refractivity contribution < 1.29 is 0 Å². The predicted molar refractivity (Wildman–Crippen MR) is 109 cm³/mol. The predicted octanol–water partition coefficient (Wildman–Crippen LogP) is 5.62. The smallest absolute Gasteiger partial charge is 0.00778 e. The van der Waals surface area contributed by atoms with E-state index in [1.165, 1.54) is 64.6 Å². The molecule has 0 spiro atoms. The fourth-order valence-electron chi connectivity index (χ4n) is 4.75. The zero-order valence-electron chi connectivity index (χ0n) is 17.8. The molecular weight excluding hydrogens is 292 g/mol. The number of hydrogen-bond acceptors (Lipinski definition) is 2. The Morgan fingerprint density at radius 3 is 2.04 bits per heavy atom. The number of nitrogens with one attached hydrogen (secondary N) is 2. The summed E-state index contributed by atoms with van der Waals surface area (Å²) in [6.07, 6.45) is 9.33. The van der Waals surface area contributed by atoms with Crippen molar-refractivity contribution in [3.8, 4) is 0 Å². The lowest BCUT2D eigenvalue weighted by atomic mass is 9.62. The van der Waals surface area contributed by atoms with Gasteiger partial charge >= 0.3 is 0 Å². The van der Waals surface area contributed by atoms with E-state index in [0.29, 0.717) is 16.9 Å². The zero-order valence-corrected chi connectivity index (χ0v) is 17.8. The second-order valence-electron chi connectivity index (χ2n) is 10.5. The maximum Gasteiger partial charge on any atom is 0.00778 e. The van der Waals surface area contributed by atoms with E-state index in [0.717, 1.165) is 11.8 Å². The minimum atomic E-state index is 0.440. The lowest BCUT2D eigenvalue weighted by Gasteiger charge is -2.47. The Balaban J connectivity index is 2.39. The molecule has 2 nitrogen and oxygen atoms in total. The summed E-state index contributed by atoms with van der Waals surface area (Å²) in [5.74, 6) is 1.66. The Hall–Kier alpha value is -0.0800. The molecular formula is C22H46N2. The second-order valence-corrected chi connectivity index (χ2v) is 10.5. The standard InChI is InChI=1S/C22H46N2/c1-18(2)10-8-12-23-17-22(7)15-20(14-21(5,6)16-22)24-13-9-11-19(3)4/h18-20,23-24H,8-17H2,1-7H3. The molecule has 144 valence electrons. The summed E-state index contributed by atoms with van der Waals surface area (Å²) in [7, 11) is 0. The molecule has 0 aromatic rings. The molecule has 2 atom stereocenters. The maximum atomic E-state index is 3.88. The first-order valence-corrected chi connectivity index (χ1v) is 10.6. The summed E-state index contributed by atoms with van der Waals surface area (Å²) in [6.45, 7) is 20.3. The van der Waals surface area contributed by atoms with Crippen molar-refractivity contribution in [1.82, 2.24) is 10.6 Å².